The fourth-order valence-corrected chi connectivity index (χ4v) is 3.99. The molecule has 3 aromatic rings. The highest BCUT2D eigenvalue weighted by Gasteiger charge is 2.27. The van der Waals surface area contributed by atoms with Gasteiger partial charge in [0.15, 0.2) is 5.78 Å². The highest BCUT2D eigenvalue weighted by molar-refractivity contribution is 6.30. The van der Waals surface area contributed by atoms with Gasteiger partial charge in [-0.1, -0.05) is 35.9 Å². The van der Waals surface area contributed by atoms with Crippen LogP contribution in [0, 0.1) is 0 Å². The Hall–Kier alpha value is -3.64. The predicted molar refractivity (Wildman–Crippen MR) is 130 cm³/mol. The third kappa shape index (κ3) is 5.23. The molecule has 7 heteroatoms. The van der Waals surface area contributed by atoms with Crippen LogP contribution in [0.1, 0.15) is 39.6 Å². The van der Waals surface area contributed by atoms with E-state index in [0.717, 1.165) is 17.7 Å². The van der Waals surface area contributed by atoms with Gasteiger partial charge in [0.1, 0.15) is 0 Å². The Morgan fingerprint density at radius 1 is 0.939 bits per heavy atom. The number of para-hydroxylation sites is 1. The van der Waals surface area contributed by atoms with E-state index in [0.29, 0.717) is 41.5 Å². The maximum absolute atomic E-state index is 13.1. The quantitative estimate of drug-likeness (QED) is 0.484. The summed E-state index contributed by atoms with van der Waals surface area (Å²) in [5.41, 5.74) is 3.14. The lowest BCUT2D eigenvalue weighted by Crippen LogP contribution is -2.49. The van der Waals surface area contributed by atoms with Crippen molar-refractivity contribution < 1.29 is 14.4 Å². The Morgan fingerprint density at radius 3 is 2.33 bits per heavy atom. The van der Waals surface area contributed by atoms with Gasteiger partial charge in [-0.3, -0.25) is 14.5 Å². The second-order valence-electron chi connectivity index (χ2n) is 7.94. The first-order valence-corrected chi connectivity index (χ1v) is 11.1. The average molecular weight is 462 g/mol. The molecule has 1 aliphatic heterocycles. The first-order valence-electron chi connectivity index (χ1n) is 10.7. The molecule has 3 aromatic carbocycles. The normalized spacial score (nSPS) is 13.7. The molecule has 0 bridgehead atoms. The van der Waals surface area contributed by atoms with Gasteiger partial charge in [0.2, 0.25) is 0 Å². The number of Topliss-reactive ketones (excluding diaryl/α,β-unsaturated/α-hetero) is 1. The maximum atomic E-state index is 13.1. The van der Waals surface area contributed by atoms with E-state index >= 15 is 0 Å². The van der Waals surface area contributed by atoms with Crippen LogP contribution in [-0.4, -0.2) is 35.7 Å². The molecule has 0 aliphatic carbocycles. The maximum Gasteiger partial charge on any atom is 0.324 e. The lowest BCUT2D eigenvalue weighted by atomic mass is 10.1. The van der Waals surface area contributed by atoms with E-state index in [2.05, 4.69) is 5.32 Å². The first-order chi connectivity index (χ1) is 15.9. The summed E-state index contributed by atoms with van der Waals surface area (Å²) in [6, 6.07) is 21.2. The number of benzene rings is 3. The number of halogens is 1. The zero-order valence-electron chi connectivity index (χ0n) is 18.3. The lowest BCUT2D eigenvalue weighted by molar-refractivity contribution is 0.101. The molecule has 6 nitrogen and oxygen atoms in total. The Morgan fingerprint density at radius 2 is 1.64 bits per heavy atom. The molecular weight excluding hydrogens is 438 g/mol. The third-order valence-electron chi connectivity index (χ3n) is 5.59. The standard InChI is InChI=1S/C26H24ClN3O3/c1-18(31)23-5-2-3-6-24(23)28-25(32)20-9-13-22(14-10-20)30-16-4-15-29(26(30)33)17-19-7-11-21(27)12-8-19/h2-3,5-14H,4,15-17H2,1H3,(H,28,32). The van der Waals surface area contributed by atoms with Crippen molar-refractivity contribution in [2.24, 2.45) is 0 Å². The van der Waals surface area contributed by atoms with Gasteiger partial charge >= 0.3 is 6.03 Å². The van der Waals surface area contributed by atoms with E-state index < -0.39 is 0 Å². The minimum atomic E-state index is -0.315. The van der Waals surface area contributed by atoms with Crippen LogP contribution in [0.5, 0.6) is 0 Å². The van der Waals surface area contributed by atoms with E-state index in [9.17, 15) is 14.4 Å². The van der Waals surface area contributed by atoms with E-state index in [1.165, 1.54) is 6.92 Å². The summed E-state index contributed by atoms with van der Waals surface area (Å²) >= 11 is 5.96. The van der Waals surface area contributed by atoms with Gasteiger partial charge < -0.3 is 10.2 Å². The van der Waals surface area contributed by atoms with Crippen molar-refractivity contribution in [3.05, 3.63) is 94.5 Å². The van der Waals surface area contributed by atoms with Crippen LogP contribution in [0.4, 0.5) is 16.2 Å². The number of anilines is 2. The second-order valence-corrected chi connectivity index (χ2v) is 8.37. The smallest absolute Gasteiger partial charge is 0.321 e. The van der Waals surface area contributed by atoms with Crippen molar-refractivity contribution in [1.82, 2.24) is 4.90 Å². The number of carbonyl (C=O) groups is 3. The first kappa shape index (κ1) is 22.6. The number of rotatable bonds is 6. The van der Waals surface area contributed by atoms with E-state index in [-0.39, 0.29) is 17.7 Å². The van der Waals surface area contributed by atoms with Crippen molar-refractivity contribution >= 4 is 40.7 Å². The van der Waals surface area contributed by atoms with Crippen LogP contribution in [0.3, 0.4) is 0 Å². The van der Waals surface area contributed by atoms with Crippen molar-refractivity contribution in [2.45, 2.75) is 19.9 Å². The minimum absolute atomic E-state index is 0.0659. The summed E-state index contributed by atoms with van der Waals surface area (Å²) in [5, 5.41) is 3.46. The molecule has 0 saturated carbocycles. The zero-order valence-corrected chi connectivity index (χ0v) is 19.0. The summed E-state index contributed by atoms with van der Waals surface area (Å²) < 4.78 is 0. The van der Waals surface area contributed by atoms with Gasteiger partial charge in [-0.15, -0.1) is 0 Å². The van der Waals surface area contributed by atoms with Gasteiger partial charge in [-0.25, -0.2) is 4.79 Å². The highest BCUT2D eigenvalue weighted by atomic mass is 35.5. The molecule has 0 radical (unpaired) electrons. The van der Waals surface area contributed by atoms with Crippen LogP contribution >= 0.6 is 11.6 Å². The van der Waals surface area contributed by atoms with Gasteiger partial charge in [0.05, 0.1) is 5.69 Å². The van der Waals surface area contributed by atoms with Gasteiger partial charge in [0.25, 0.3) is 5.91 Å². The largest absolute Gasteiger partial charge is 0.324 e. The fraction of sp³-hybridized carbons (Fsp3) is 0.192. The highest BCUT2D eigenvalue weighted by Crippen LogP contribution is 2.23. The minimum Gasteiger partial charge on any atom is -0.321 e. The fourth-order valence-electron chi connectivity index (χ4n) is 3.86. The second kappa shape index (κ2) is 9.88. The summed E-state index contributed by atoms with van der Waals surface area (Å²) in [7, 11) is 0. The number of urea groups is 1. The Labute approximate surface area is 197 Å². The van der Waals surface area contributed by atoms with Crippen molar-refractivity contribution in [3.8, 4) is 0 Å². The van der Waals surface area contributed by atoms with Crippen LogP contribution in [-0.2, 0) is 6.54 Å². The molecule has 1 fully saturated rings. The lowest BCUT2D eigenvalue weighted by Gasteiger charge is -2.35. The number of nitrogens with zero attached hydrogens (tertiary/aromatic N) is 2. The predicted octanol–water partition coefficient (Wildman–Crippen LogP) is 5.63. The Balaban J connectivity index is 1.45. The van der Waals surface area contributed by atoms with E-state index in [4.69, 9.17) is 11.6 Å². The number of ketones is 1. The molecule has 1 aliphatic rings. The molecule has 0 spiro atoms. The molecular formula is C26H24ClN3O3. The van der Waals surface area contributed by atoms with Crippen molar-refractivity contribution in [3.63, 3.8) is 0 Å². The molecule has 1 N–H and O–H groups in total. The summed E-state index contributed by atoms with van der Waals surface area (Å²) in [6.45, 7) is 3.29. The van der Waals surface area contributed by atoms with Crippen LogP contribution < -0.4 is 10.2 Å². The number of hydrogen-bond acceptors (Lipinski definition) is 3. The molecule has 168 valence electrons. The van der Waals surface area contributed by atoms with E-state index in [1.807, 2.05) is 29.2 Å². The van der Waals surface area contributed by atoms with Crippen molar-refractivity contribution in [2.75, 3.05) is 23.3 Å². The Kier molecular flexibility index (Phi) is 6.75. The molecule has 0 aromatic heterocycles. The zero-order chi connectivity index (χ0) is 23.4. The summed E-state index contributed by atoms with van der Waals surface area (Å²) in [6.07, 6.45) is 0.851. The average Bonchev–Trinajstić information content (AvgIpc) is 2.82. The van der Waals surface area contributed by atoms with Gasteiger partial charge in [0, 0.05) is 41.5 Å². The number of carbonyl (C=O) groups excluding carboxylic acids is 3. The Bertz CT molecular complexity index is 1180. The monoisotopic (exact) mass is 461 g/mol. The van der Waals surface area contributed by atoms with Gasteiger partial charge in [-0.2, -0.15) is 0 Å². The third-order valence-corrected chi connectivity index (χ3v) is 5.85. The van der Waals surface area contributed by atoms with Gasteiger partial charge in [-0.05, 0) is 67.4 Å². The molecule has 3 amide bonds. The number of hydrogen-bond donors (Lipinski definition) is 1. The van der Waals surface area contributed by atoms with Crippen LogP contribution in [0.15, 0.2) is 72.8 Å². The molecule has 4 rings (SSSR count). The number of amides is 3. The molecule has 33 heavy (non-hydrogen) atoms. The number of nitrogens with one attached hydrogen (secondary N) is 1. The van der Waals surface area contributed by atoms with Crippen LogP contribution in [0.2, 0.25) is 5.02 Å². The molecule has 0 atom stereocenters. The molecule has 0 unspecified atom stereocenters. The van der Waals surface area contributed by atoms with Crippen molar-refractivity contribution in [1.29, 1.82) is 0 Å². The molecule has 1 saturated heterocycles. The molecule has 1 heterocycles. The summed E-state index contributed by atoms with van der Waals surface area (Å²) in [4.78, 5) is 41.1. The van der Waals surface area contributed by atoms with E-state index in [1.54, 1.807) is 53.4 Å². The summed E-state index contributed by atoms with van der Waals surface area (Å²) in [5.74, 6) is -0.433. The SMILES string of the molecule is CC(=O)c1ccccc1NC(=O)c1ccc(N2CCCN(Cc3ccc(Cl)cc3)C2=O)cc1. The van der Waals surface area contributed by atoms with Crippen LogP contribution in [0.25, 0.3) is 0 Å². The topological polar surface area (TPSA) is 69.7 Å².